The van der Waals surface area contributed by atoms with E-state index in [9.17, 15) is 4.79 Å². The Hall–Kier alpha value is -1.06. The van der Waals surface area contributed by atoms with E-state index < -0.39 is 0 Å². The Bertz CT molecular complexity index is 450. The molecule has 1 aromatic rings. The molecule has 3 unspecified atom stereocenters. The molecule has 1 aromatic carbocycles. The molecule has 0 heterocycles. The van der Waals surface area contributed by atoms with E-state index in [-0.39, 0.29) is 5.91 Å². The highest BCUT2D eigenvalue weighted by Gasteiger charge is 2.29. The highest BCUT2D eigenvalue weighted by atomic mass is 35.5. The largest absolute Gasteiger partial charge is 0.325 e. The maximum atomic E-state index is 11.9. The molecule has 4 heteroatoms. The van der Waals surface area contributed by atoms with Gasteiger partial charge in [-0.2, -0.15) is 0 Å². The average Bonchev–Trinajstić information content (AvgIpc) is 2.68. The molecule has 0 aliphatic heterocycles. The van der Waals surface area contributed by atoms with Gasteiger partial charge in [-0.3, -0.25) is 4.79 Å². The number of anilines is 1. The summed E-state index contributed by atoms with van der Waals surface area (Å²) >= 11 is 5.88. The number of halogens is 1. The molecular weight excluding hydrogens is 260 g/mol. The first kappa shape index (κ1) is 14.4. The molecule has 104 valence electrons. The third-order valence-corrected chi connectivity index (χ3v) is 4.33. The molecule has 1 saturated carbocycles. The van der Waals surface area contributed by atoms with Crippen LogP contribution in [0.4, 0.5) is 5.69 Å². The van der Waals surface area contributed by atoms with Crippen molar-refractivity contribution in [2.75, 3.05) is 11.9 Å². The summed E-state index contributed by atoms with van der Waals surface area (Å²) in [6.45, 7) is 4.89. The van der Waals surface area contributed by atoms with Gasteiger partial charge in [-0.25, -0.2) is 0 Å². The van der Waals surface area contributed by atoms with Gasteiger partial charge in [-0.1, -0.05) is 31.5 Å². The van der Waals surface area contributed by atoms with Crippen LogP contribution in [0.1, 0.15) is 26.7 Å². The monoisotopic (exact) mass is 280 g/mol. The Balaban J connectivity index is 1.79. The molecule has 1 fully saturated rings. The summed E-state index contributed by atoms with van der Waals surface area (Å²) in [5.74, 6) is 1.36. The number of hydrogen-bond acceptors (Lipinski definition) is 2. The van der Waals surface area contributed by atoms with E-state index in [1.165, 1.54) is 6.42 Å². The maximum Gasteiger partial charge on any atom is 0.238 e. The highest BCUT2D eigenvalue weighted by molar-refractivity contribution is 6.30. The molecule has 1 aliphatic carbocycles. The van der Waals surface area contributed by atoms with Crippen molar-refractivity contribution in [2.24, 2.45) is 11.8 Å². The lowest BCUT2D eigenvalue weighted by molar-refractivity contribution is -0.115. The van der Waals surface area contributed by atoms with Gasteiger partial charge < -0.3 is 10.6 Å². The first-order chi connectivity index (χ1) is 9.06. The van der Waals surface area contributed by atoms with Crippen LogP contribution in [-0.2, 0) is 4.79 Å². The number of carbonyl (C=O) groups excluding carboxylic acids is 1. The van der Waals surface area contributed by atoms with Gasteiger partial charge in [-0.05, 0) is 42.9 Å². The maximum absolute atomic E-state index is 11.9. The lowest BCUT2D eigenvalue weighted by Crippen LogP contribution is -2.38. The van der Waals surface area contributed by atoms with Crippen molar-refractivity contribution in [1.29, 1.82) is 0 Å². The Morgan fingerprint density at radius 3 is 2.79 bits per heavy atom. The molecule has 0 radical (unpaired) electrons. The lowest BCUT2D eigenvalue weighted by Gasteiger charge is -2.19. The van der Waals surface area contributed by atoms with E-state index in [2.05, 4.69) is 24.5 Å². The van der Waals surface area contributed by atoms with Crippen molar-refractivity contribution in [2.45, 2.75) is 32.7 Å². The number of amides is 1. The predicted molar refractivity (Wildman–Crippen MR) is 79.4 cm³/mol. The van der Waals surface area contributed by atoms with Gasteiger partial charge in [0.1, 0.15) is 0 Å². The number of rotatable bonds is 4. The molecule has 3 nitrogen and oxygen atoms in total. The number of benzene rings is 1. The average molecular weight is 281 g/mol. The fourth-order valence-corrected chi connectivity index (χ4v) is 2.84. The molecule has 2 N–H and O–H groups in total. The smallest absolute Gasteiger partial charge is 0.238 e. The van der Waals surface area contributed by atoms with E-state index in [1.807, 2.05) is 12.1 Å². The third kappa shape index (κ3) is 3.95. The van der Waals surface area contributed by atoms with Crippen LogP contribution >= 0.6 is 11.6 Å². The third-order valence-electron chi connectivity index (χ3n) is 4.10. The van der Waals surface area contributed by atoms with Crippen LogP contribution < -0.4 is 10.6 Å². The SMILES string of the molecule is CC1CCC(NCC(=O)Nc2cccc(Cl)c2)C1C. The molecule has 19 heavy (non-hydrogen) atoms. The Morgan fingerprint density at radius 2 is 2.16 bits per heavy atom. The second kappa shape index (κ2) is 6.40. The zero-order valence-electron chi connectivity index (χ0n) is 11.4. The summed E-state index contributed by atoms with van der Waals surface area (Å²) < 4.78 is 0. The van der Waals surface area contributed by atoms with Crippen LogP contribution in [-0.4, -0.2) is 18.5 Å². The first-order valence-electron chi connectivity index (χ1n) is 6.85. The lowest BCUT2D eigenvalue weighted by atomic mass is 9.98. The van der Waals surface area contributed by atoms with Crippen LogP contribution in [0.25, 0.3) is 0 Å². The second-order valence-electron chi connectivity index (χ2n) is 5.46. The molecule has 3 atom stereocenters. The predicted octanol–water partition coefficient (Wildman–Crippen LogP) is 3.30. The minimum atomic E-state index is -0.0194. The summed E-state index contributed by atoms with van der Waals surface area (Å²) in [6, 6.07) is 7.66. The van der Waals surface area contributed by atoms with Crippen LogP contribution in [0.2, 0.25) is 5.02 Å². The van der Waals surface area contributed by atoms with E-state index in [4.69, 9.17) is 11.6 Å². The normalized spacial score (nSPS) is 26.4. The Labute approximate surface area is 119 Å². The second-order valence-corrected chi connectivity index (χ2v) is 5.90. The van der Waals surface area contributed by atoms with Crippen LogP contribution in [0.15, 0.2) is 24.3 Å². The van der Waals surface area contributed by atoms with Crippen molar-refractivity contribution in [3.63, 3.8) is 0 Å². The van der Waals surface area contributed by atoms with Crippen LogP contribution in [0, 0.1) is 11.8 Å². The molecule has 0 aromatic heterocycles. The topological polar surface area (TPSA) is 41.1 Å². The van der Waals surface area contributed by atoms with E-state index in [0.29, 0.717) is 23.5 Å². The van der Waals surface area contributed by atoms with E-state index >= 15 is 0 Å². The molecule has 0 bridgehead atoms. The zero-order chi connectivity index (χ0) is 13.8. The summed E-state index contributed by atoms with van der Waals surface area (Å²) in [7, 11) is 0. The molecule has 2 rings (SSSR count). The summed E-state index contributed by atoms with van der Waals surface area (Å²) in [5, 5.41) is 6.83. The number of hydrogen-bond donors (Lipinski definition) is 2. The van der Waals surface area contributed by atoms with Gasteiger partial charge in [0.05, 0.1) is 6.54 Å². The number of nitrogens with one attached hydrogen (secondary N) is 2. The van der Waals surface area contributed by atoms with E-state index in [0.717, 1.165) is 18.0 Å². The quantitative estimate of drug-likeness (QED) is 0.888. The van der Waals surface area contributed by atoms with E-state index in [1.54, 1.807) is 12.1 Å². The fraction of sp³-hybridized carbons (Fsp3) is 0.533. The van der Waals surface area contributed by atoms with Gasteiger partial charge in [0.15, 0.2) is 0 Å². The highest BCUT2D eigenvalue weighted by Crippen LogP contribution is 2.30. The molecular formula is C15H21ClN2O. The van der Waals surface area contributed by atoms with Crippen molar-refractivity contribution in [1.82, 2.24) is 5.32 Å². The van der Waals surface area contributed by atoms with Gasteiger partial charge in [0, 0.05) is 16.8 Å². The first-order valence-corrected chi connectivity index (χ1v) is 7.23. The molecule has 0 saturated heterocycles. The summed E-state index contributed by atoms with van der Waals surface area (Å²) in [6.07, 6.45) is 2.40. The van der Waals surface area contributed by atoms with Gasteiger partial charge in [-0.15, -0.1) is 0 Å². The van der Waals surface area contributed by atoms with Crippen molar-refractivity contribution in [3.8, 4) is 0 Å². The van der Waals surface area contributed by atoms with Crippen molar-refractivity contribution in [3.05, 3.63) is 29.3 Å². The van der Waals surface area contributed by atoms with Gasteiger partial charge >= 0.3 is 0 Å². The summed E-state index contributed by atoms with van der Waals surface area (Å²) in [4.78, 5) is 11.9. The number of carbonyl (C=O) groups is 1. The zero-order valence-corrected chi connectivity index (χ0v) is 12.2. The Kier molecular flexibility index (Phi) is 4.83. The fourth-order valence-electron chi connectivity index (χ4n) is 2.65. The molecule has 0 spiro atoms. The van der Waals surface area contributed by atoms with Gasteiger partial charge in [0.25, 0.3) is 0 Å². The van der Waals surface area contributed by atoms with Crippen LogP contribution in [0.3, 0.4) is 0 Å². The summed E-state index contributed by atoms with van der Waals surface area (Å²) in [5.41, 5.74) is 0.743. The minimum absolute atomic E-state index is 0.0194. The molecule has 1 amide bonds. The standard InChI is InChI=1S/C15H21ClN2O/c1-10-6-7-14(11(10)2)17-9-15(19)18-13-5-3-4-12(16)8-13/h3-5,8,10-11,14,17H,6-7,9H2,1-2H3,(H,18,19). The van der Waals surface area contributed by atoms with Crippen molar-refractivity contribution < 1.29 is 4.79 Å². The Morgan fingerprint density at radius 1 is 1.37 bits per heavy atom. The van der Waals surface area contributed by atoms with Crippen molar-refractivity contribution >= 4 is 23.2 Å². The van der Waals surface area contributed by atoms with Gasteiger partial charge in [0.2, 0.25) is 5.91 Å². The molecule has 1 aliphatic rings. The minimum Gasteiger partial charge on any atom is -0.325 e. The van der Waals surface area contributed by atoms with Crippen LogP contribution in [0.5, 0.6) is 0 Å².